The number of methoxy groups -OCH3 is 2. The first-order valence-electron chi connectivity index (χ1n) is 8.28. The van der Waals surface area contributed by atoms with Crippen LogP contribution in [0.3, 0.4) is 0 Å². The number of anilines is 1. The number of hydrogen-bond acceptors (Lipinski definition) is 5. The molecule has 0 aliphatic rings. The molecule has 2 amide bonds. The maximum absolute atomic E-state index is 12.3. The summed E-state index contributed by atoms with van der Waals surface area (Å²) < 4.78 is 10.4. The average molecular weight is 351 g/mol. The summed E-state index contributed by atoms with van der Waals surface area (Å²) in [5.41, 5.74) is 1.48. The third kappa shape index (κ3) is 6.12. The van der Waals surface area contributed by atoms with Crippen molar-refractivity contribution >= 4 is 17.5 Å². The minimum atomic E-state index is -0.646. The van der Waals surface area contributed by atoms with Crippen LogP contribution in [0.5, 0.6) is 0 Å². The number of hydrogen-bond donors (Lipinski definition) is 3. The number of carbonyl (C=O) groups excluding carboxylic acids is 2. The minimum absolute atomic E-state index is 0.127. The van der Waals surface area contributed by atoms with Gasteiger partial charge >= 0.3 is 0 Å². The van der Waals surface area contributed by atoms with Gasteiger partial charge in [-0.2, -0.15) is 0 Å². The maximum Gasteiger partial charge on any atom is 0.246 e. The fourth-order valence-electron chi connectivity index (χ4n) is 2.48. The standard InChI is InChI=1S/C18H29N3O4/c1-11(2)15(19-4)17(23)20-12(3)16(22)21-14-9-7-13(8-10-14)18(24-5)25-6/h7-12,15,18-19H,1-6H3,(H,20,23)(H,21,22). The summed E-state index contributed by atoms with van der Waals surface area (Å²) in [5, 5.41) is 8.46. The van der Waals surface area contributed by atoms with Crippen LogP contribution in [0.4, 0.5) is 5.69 Å². The van der Waals surface area contributed by atoms with Gasteiger partial charge in [-0.15, -0.1) is 0 Å². The normalized spacial score (nSPS) is 13.6. The molecule has 0 radical (unpaired) electrons. The Morgan fingerprint density at radius 2 is 1.52 bits per heavy atom. The van der Waals surface area contributed by atoms with Gasteiger partial charge in [-0.25, -0.2) is 0 Å². The number of nitrogens with one attached hydrogen (secondary N) is 3. The van der Waals surface area contributed by atoms with E-state index in [4.69, 9.17) is 9.47 Å². The zero-order valence-corrected chi connectivity index (χ0v) is 15.8. The third-order valence-corrected chi connectivity index (χ3v) is 3.89. The molecule has 1 aromatic carbocycles. The fraction of sp³-hybridized carbons (Fsp3) is 0.556. The zero-order valence-electron chi connectivity index (χ0n) is 15.8. The number of amides is 2. The highest BCUT2D eigenvalue weighted by molar-refractivity contribution is 5.97. The summed E-state index contributed by atoms with van der Waals surface area (Å²) in [7, 11) is 4.84. The largest absolute Gasteiger partial charge is 0.352 e. The van der Waals surface area contributed by atoms with Gasteiger partial charge in [0.2, 0.25) is 11.8 Å². The lowest BCUT2D eigenvalue weighted by atomic mass is 10.0. The van der Waals surface area contributed by atoms with Gasteiger partial charge in [-0.1, -0.05) is 26.0 Å². The number of rotatable bonds is 9. The smallest absolute Gasteiger partial charge is 0.246 e. The maximum atomic E-state index is 12.3. The van der Waals surface area contributed by atoms with Crippen molar-refractivity contribution in [2.45, 2.75) is 39.1 Å². The number of carbonyl (C=O) groups is 2. The highest BCUT2D eigenvalue weighted by atomic mass is 16.7. The summed E-state index contributed by atoms with van der Waals surface area (Å²) in [5.74, 6) is -0.351. The van der Waals surface area contributed by atoms with Crippen molar-refractivity contribution < 1.29 is 19.1 Å². The van der Waals surface area contributed by atoms with Crippen molar-refractivity contribution in [3.63, 3.8) is 0 Å². The van der Waals surface area contributed by atoms with Gasteiger partial charge in [0.15, 0.2) is 6.29 Å². The van der Waals surface area contributed by atoms with Crippen LogP contribution >= 0.6 is 0 Å². The van der Waals surface area contributed by atoms with E-state index in [9.17, 15) is 9.59 Å². The summed E-state index contributed by atoms with van der Waals surface area (Å²) >= 11 is 0. The number of ether oxygens (including phenoxy) is 2. The summed E-state index contributed by atoms with van der Waals surface area (Å²) in [6, 6.07) is 6.16. The van der Waals surface area contributed by atoms with E-state index in [1.807, 2.05) is 26.0 Å². The quantitative estimate of drug-likeness (QED) is 0.589. The van der Waals surface area contributed by atoms with Gasteiger partial charge in [0.05, 0.1) is 6.04 Å². The predicted molar refractivity (Wildman–Crippen MR) is 97.1 cm³/mol. The molecule has 0 saturated carbocycles. The van der Waals surface area contributed by atoms with E-state index < -0.39 is 12.3 Å². The molecule has 140 valence electrons. The third-order valence-electron chi connectivity index (χ3n) is 3.89. The Morgan fingerprint density at radius 3 is 1.96 bits per heavy atom. The van der Waals surface area contributed by atoms with Crippen LogP contribution in [-0.4, -0.2) is 45.2 Å². The molecule has 2 unspecified atom stereocenters. The molecule has 25 heavy (non-hydrogen) atoms. The van der Waals surface area contributed by atoms with Crippen molar-refractivity contribution in [1.82, 2.24) is 10.6 Å². The van der Waals surface area contributed by atoms with E-state index in [0.29, 0.717) is 5.69 Å². The van der Waals surface area contributed by atoms with Crippen LogP contribution in [-0.2, 0) is 19.1 Å². The number of benzene rings is 1. The molecule has 0 bridgehead atoms. The van der Waals surface area contributed by atoms with Gasteiger partial charge < -0.3 is 25.4 Å². The molecule has 7 heteroatoms. The molecule has 0 aliphatic heterocycles. The molecule has 2 atom stereocenters. The fourth-order valence-corrected chi connectivity index (χ4v) is 2.48. The van der Waals surface area contributed by atoms with E-state index in [-0.39, 0.29) is 23.8 Å². The molecule has 0 heterocycles. The van der Waals surface area contributed by atoms with E-state index in [0.717, 1.165) is 5.56 Å². The highest BCUT2D eigenvalue weighted by Gasteiger charge is 2.24. The van der Waals surface area contributed by atoms with Gasteiger partial charge in [-0.3, -0.25) is 9.59 Å². The second kappa shape index (κ2) is 10.1. The molecule has 0 spiro atoms. The van der Waals surface area contributed by atoms with E-state index in [2.05, 4.69) is 16.0 Å². The lowest BCUT2D eigenvalue weighted by Crippen LogP contribution is -2.51. The summed E-state index contributed by atoms with van der Waals surface area (Å²) in [4.78, 5) is 24.5. The lowest BCUT2D eigenvalue weighted by Gasteiger charge is -2.22. The van der Waals surface area contributed by atoms with Crippen LogP contribution in [0.2, 0.25) is 0 Å². The Morgan fingerprint density at radius 1 is 0.960 bits per heavy atom. The molecule has 7 nitrogen and oxygen atoms in total. The van der Waals surface area contributed by atoms with Gasteiger partial charge in [-0.05, 0) is 32.0 Å². The summed E-state index contributed by atoms with van der Waals surface area (Å²) in [6.07, 6.45) is -0.447. The molecular formula is C18H29N3O4. The van der Waals surface area contributed by atoms with Crippen LogP contribution < -0.4 is 16.0 Å². The Labute approximate surface area is 149 Å². The highest BCUT2D eigenvalue weighted by Crippen LogP contribution is 2.19. The molecule has 1 aromatic rings. The SMILES string of the molecule is CNC(C(=O)NC(C)C(=O)Nc1ccc(C(OC)OC)cc1)C(C)C. The van der Waals surface area contributed by atoms with E-state index in [1.54, 1.807) is 40.3 Å². The molecule has 0 fully saturated rings. The number of likely N-dealkylation sites (N-methyl/N-ethyl adjacent to an activating group) is 1. The summed E-state index contributed by atoms with van der Waals surface area (Å²) in [6.45, 7) is 5.54. The van der Waals surface area contributed by atoms with Crippen LogP contribution in [0.15, 0.2) is 24.3 Å². The Hall–Kier alpha value is -1.96. The minimum Gasteiger partial charge on any atom is -0.352 e. The zero-order chi connectivity index (χ0) is 19.0. The van der Waals surface area contributed by atoms with Gasteiger partial charge in [0.25, 0.3) is 0 Å². The van der Waals surface area contributed by atoms with Gasteiger partial charge in [0, 0.05) is 25.5 Å². The first kappa shape index (κ1) is 21.1. The second-order valence-corrected chi connectivity index (χ2v) is 6.16. The molecule has 0 saturated heterocycles. The van der Waals surface area contributed by atoms with Crippen molar-refractivity contribution in [2.75, 3.05) is 26.6 Å². The van der Waals surface area contributed by atoms with E-state index >= 15 is 0 Å². The Balaban J connectivity index is 2.64. The van der Waals surface area contributed by atoms with Crippen LogP contribution in [0.25, 0.3) is 0 Å². The van der Waals surface area contributed by atoms with Crippen molar-refractivity contribution in [2.24, 2.45) is 5.92 Å². The van der Waals surface area contributed by atoms with Crippen LogP contribution in [0, 0.1) is 5.92 Å². The molecular weight excluding hydrogens is 322 g/mol. The van der Waals surface area contributed by atoms with Crippen LogP contribution in [0.1, 0.15) is 32.6 Å². The topological polar surface area (TPSA) is 88.7 Å². The first-order valence-corrected chi connectivity index (χ1v) is 8.28. The van der Waals surface area contributed by atoms with Crippen molar-refractivity contribution in [1.29, 1.82) is 0 Å². The Bertz CT molecular complexity index is 556. The molecule has 0 aromatic heterocycles. The predicted octanol–water partition coefficient (Wildman–Crippen LogP) is 1.67. The average Bonchev–Trinajstić information content (AvgIpc) is 2.57. The molecule has 3 N–H and O–H groups in total. The van der Waals surface area contributed by atoms with Crippen molar-refractivity contribution in [3.8, 4) is 0 Å². The van der Waals surface area contributed by atoms with Gasteiger partial charge in [0.1, 0.15) is 6.04 Å². The van der Waals surface area contributed by atoms with Crippen molar-refractivity contribution in [3.05, 3.63) is 29.8 Å². The molecule has 1 rings (SSSR count). The Kier molecular flexibility index (Phi) is 8.54. The molecule has 0 aliphatic carbocycles. The van der Waals surface area contributed by atoms with E-state index in [1.165, 1.54) is 0 Å². The monoisotopic (exact) mass is 351 g/mol. The first-order chi connectivity index (χ1) is 11.8. The lowest BCUT2D eigenvalue weighted by molar-refractivity contribution is -0.128. The second-order valence-electron chi connectivity index (χ2n) is 6.16.